The summed E-state index contributed by atoms with van der Waals surface area (Å²) in [4.78, 5) is 0. The van der Waals surface area contributed by atoms with Gasteiger partial charge in [0.1, 0.15) is 16.7 Å². The number of imidazole rings is 1. The maximum absolute atomic E-state index is 4.44. The van der Waals surface area contributed by atoms with E-state index >= 15 is 0 Å². The Kier molecular flexibility index (Phi) is 3.91. The quantitative estimate of drug-likeness (QED) is 0.188. The second-order valence-corrected chi connectivity index (χ2v) is 10.9. The Morgan fingerprint density at radius 2 is 1.72 bits per heavy atom. The summed E-state index contributed by atoms with van der Waals surface area (Å²) in [5, 5.41) is 4.25. The average Bonchev–Trinajstić information content (AvgIpc) is 3.11. The third-order valence-corrected chi connectivity index (χ3v) is 9.06. The molecule has 164 valence electrons. The molecule has 0 spiro atoms. The molecule has 2 aliphatic rings. The van der Waals surface area contributed by atoms with Gasteiger partial charge in [0.2, 0.25) is 0 Å². The molecule has 2 aromatic carbocycles. The Hall–Kier alpha value is -2.61. The minimum atomic E-state index is -0.102. The van der Waals surface area contributed by atoms with E-state index in [9.17, 15) is 0 Å². The molecule has 1 unspecified atom stereocenters. The van der Waals surface area contributed by atoms with E-state index in [1.807, 2.05) is 0 Å². The van der Waals surface area contributed by atoms with Crippen molar-refractivity contribution in [2.24, 2.45) is 0 Å². The van der Waals surface area contributed by atoms with Gasteiger partial charge in [-0.05, 0) is 82.7 Å². The van der Waals surface area contributed by atoms with Gasteiger partial charge in [0.05, 0.1) is 10.8 Å². The number of fused-ring (bicyclic) bond motifs is 6. The van der Waals surface area contributed by atoms with Crippen molar-refractivity contribution in [3.8, 4) is 0 Å². The summed E-state index contributed by atoms with van der Waals surface area (Å²) < 4.78 is 5.40. The zero-order valence-electron chi connectivity index (χ0n) is 20.5. The predicted octanol–water partition coefficient (Wildman–Crippen LogP) is 6.92. The third-order valence-electron chi connectivity index (χ3n) is 9.06. The summed E-state index contributed by atoms with van der Waals surface area (Å²) in [6.45, 7) is 18.5. The van der Waals surface area contributed by atoms with Crippen molar-refractivity contribution >= 4 is 27.3 Å². The highest BCUT2D eigenvalue weighted by Gasteiger charge is 2.55. The van der Waals surface area contributed by atoms with Crippen LogP contribution in [0.25, 0.3) is 27.3 Å². The smallest absolute Gasteiger partial charge is 0.220 e. The van der Waals surface area contributed by atoms with Crippen molar-refractivity contribution in [1.82, 2.24) is 4.40 Å². The van der Waals surface area contributed by atoms with Gasteiger partial charge >= 0.3 is 0 Å². The number of rotatable bonds is 2. The van der Waals surface area contributed by atoms with Crippen LogP contribution in [0.2, 0.25) is 0 Å². The van der Waals surface area contributed by atoms with Gasteiger partial charge in [0.25, 0.3) is 5.65 Å². The molecule has 4 aromatic rings. The number of allylic oxidation sites excluding steroid dienone is 1. The van der Waals surface area contributed by atoms with Crippen molar-refractivity contribution < 1.29 is 4.57 Å². The lowest BCUT2D eigenvalue weighted by Crippen LogP contribution is -2.66. The molecule has 1 aliphatic carbocycles. The Bertz CT molecular complexity index is 1480. The van der Waals surface area contributed by atoms with Crippen LogP contribution in [0.15, 0.2) is 36.9 Å². The number of pyridine rings is 1. The lowest BCUT2D eigenvalue weighted by Gasteiger charge is -2.46. The number of hydrogen-bond donors (Lipinski definition) is 0. The topological polar surface area (TPSA) is 8.29 Å². The molecule has 0 bridgehead atoms. The number of nitrogens with zero attached hydrogens (tertiary/aromatic N) is 2. The van der Waals surface area contributed by atoms with Crippen LogP contribution < -0.4 is 4.57 Å². The van der Waals surface area contributed by atoms with E-state index in [4.69, 9.17) is 0 Å². The van der Waals surface area contributed by atoms with Crippen LogP contribution in [0, 0.1) is 20.8 Å². The van der Waals surface area contributed by atoms with E-state index in [0.29, 0.717) is 0 Å². The van der Waals surface area contributed by atoms with Crippen LogP contribution in [0.4, 0.5) is 0 Å². The summed E-state index contributed by atoms with van der Waals surface area (Å²) >= 11 is 0. The fourth-order valence-corrected chi connectivity index (χ4v) is 7.25. The maximum Gasteiger partial charge on any atom is 0.295 e. The van der Waals surface area contributed by atoms with Crippen LogP contribution in [0.5, 0.6) is 0 Å². The molecule has 0 amide bonds. The summed E-state index contributed by atoms with van der Waals surface area (Å²) in [5.74, 6) is 0. The molecule has 2 nitrogen and oxygen atoms in total. The van der Waals surface area contributed by atoms with Crippen molar-refractivity contribution in [1.29, 1.82) is 0 Å². The second-order valence-electron chi connectivity index (χ2n) is 10.9. The van der Waals surface area contributed by atoms with Crippen molar-refractivity contribution in [2.75, 3.05) is 0 Å². The zero-order valence-corrected chi connectivity index (χ0v) is 20.5. The van der Waals surface area contributed by atoms with E-state index < -0.39 is 0 Å². The number of benzene rings is 2. The molecule has 1 atom stereocenters. The van der Waals surface area contributed by atoms with E-state index in [-0.39, 0.29) is 11.0 Å². The van der Waals surface area contributed by atoms with Gasteiger partial charge in [-0.3, -0.25) is 0 Å². The largest absolute Gasteiger partial charge is 0.295 e. The third kappa shape index (κ3) is 2.10. The van der Waals surface area contributed by atoms with Crippen LogP contribution in [0.3, 0.4) is 0 Å². The molecule has 0 saturated heterocycles. The van der Waals surface area contributed by atoms with Crippen LogP contribution in [-0.4, -0.2) is 4.40 Å². The van der Waals surface area contributed by atoms with Gasteiger partial charge in [-0.2, -0.15) is 4.40 Å². The second kappa shape index (κ2) is 6.25. The molecule has 0 radical (unpaired) electrons. The first kappa shape index (κ1) is 20.0. The molecule has 0 fully saturated rings. The Labute approximate surface area is 191 Å². The summed E-state index contributed by atoms with van der Waals surface area (Å²) in [7, 11) is 0. The molecule has 0 N–H and O–H groups in total. The normalized spacial score (nSPS) is 21.6. The number of aromatic nitrogens is 2. The fourth-order valence-electron chi connectivity index (χ4n) is 7.25. The first-order valence-corrected chi connectivity index (χ1v) is 12.4. The van der Waals surface area contributed by atoms with Crippen LogP contribution in [-0.2, 0) is 23.8 Å². The fraction of sp³-hybridized carbons (Fsp3) is 0.433. The van der Waals surface area contributed by atoms with Crippen molar-refractivity contribution in [3.63, 3.8) is 0 Å². The molecular weight excluding hydrogens is 388 g/mol. The minimum absolute atomic E-state index is 0.0825. The molecule has 32 heavy (non-hydrogen) atoms. The highest BCUT2D eigenvalue weighted by Crippen LogP contribution is 2.51. The van der Waals surface area contributed by atoms with E-state index in [1.165, 1.54) is 81.0 Å². The number of hydrogen-bond acceptors (Lipinski definition) is 0. The minimum Gasteiger partial charge on any atom is -0.220 e. The van der Waals surface area contributed by atoms with Crippen LogP contribution in [0.1, 0.15) is 73.7 Å². The molecule has 0 saturated carbocycles. The molecule has 1 aliphatic heterocycles. The first-order chi connectivity index (χ1) is 15.3. The Balaban J connectivity index is 2.03. The molecule has 2 heteroatoms. The lowest BCUT2D eigenvalue weighted by molar-refractivity contribution is -0.750. The maximum atomic E-state index is 4.44. The lowest BCUT2D eigenvalue weighted by atomic mass is 9.62. The summed E-state index contributed by atoms with van der Waals surface area (Å²) in [6.07, 6.45) is 8.22. The van der Waals surface area contributed by atoms with Gasteiger partial charge in [-0.1, -0.05) is 30.7 Å². The van der Waals surface area contributed by atoms with Crippen molar-refractivity contribution in [2.45, 2.75) is 84.6 Å². The van der Waals surface area contributed by atoms with Gasteiger partial charge < -0.3 is 0 Å². The van der Waals surface area contributed by atoms with Gasteiger partial charge in [-0.15, -0.1) is 6.58 Å². The zero-order chi connectivity index (χ0) is 22.6. The monoisotopic (exact) mass is 423 g/mol. The SMILES string of the molecule is C=CC1(CC)c2cc(C)cc3c4cc(C)c(C)cc4n4c5c([n+](c4c23)C1(C)C)CCCC5. The summed E-state index contributed by atoms with van der Waals surface area (Å²) in [5.41, 5.74) is 11.3. The van der Waals surface area contributed by atoms with E-state index in [2.05, 4.69) is 87.4 Å². The number of aryl methyl sites for hydroxylation is 4. The van der Waals surface area contributed by atoms with Crippen LogP contribution >= 0.6 is 0 Å². The van der Waals surface area contributed by atoms with Gasteiger partial charge in [-0.25, -0.2) is 4.57 Å². The first-order valence-electron chi connectivity index (χ1n) is 12.4. The predicted molar refractivity (Wildman–Crippen MR) is 135 cm³/mol. The van der Waals surface area contributed by atoms with Gasteiger partial charge in [0.15, 0.2) is 5.69 Å². The highest BCUT2D eigenvalue weighted by atomic mass is 15.2. The summed E-state index contributed by atoms with van der Waals surface area (Å²) in [6, 6.07) is 9.75. The van der Waals surface area contributed by atoms with E-state index in [1.54, 1.807) is 5.69 Å². The standard InChI is InChI=1S/C30H35N2/c1-8-30(9-2)23-15-18(3)14-22-21-16-19(4)20(5)17-26(21)31-24-12-10-11-13-25(24)32(29(30,6)7)28(31)27(22)23/h8,14-17H,1,9-13H2,2-7H3/q+1. The molecule has 2 aromatic heterocycles. The average molecular weight is 424 g/mol. The van der Waals surface area contributed by atoms with E-state index in [0.717, 1.165) is 6.42 Å². The highest BCUT2D eigenvalue weighted by molar-refractivity contribution is 6.13. The molecule has 3 heterocycles. The van der Waals surface area contributed by atoms with Gasteiger partial charge in [0, 0.05) is 23.6 Å². The Morgan fingerprint density at radius 1 is 1.00 bits per heavy atom. The van der Waals surface area contributed by atoms with Crippen molar-refractivity contribution in [3.05, 3.63) is 70.6 Å². The molecule has 6 rings (SSSR count). The Morgan fingerprint density at radius 3 is 2.44 bits per heavy atom. The molecular formula is C30H35N2+.